The fourth-order valence-electron chi connectivity index (χ4n) is 3.00. The van der Waals surface area contributed by atoms with E-state index in [-0.39, 0.29) is 25.5 Å². The Hall–Kier alpha value is -1.18. The second-order valence-corrected chi connectivity index (χ2v) is 7.16. The highest BCUT2D eigenvalue weighted by molar-refractivity contribution is 5.75. The minimum absolute atomic E-state index is 0.0558. The molecule has 0 radical (unpaired) electrons. The average molecular weight is 389 g/mol. The van der Waals surface area contributed by atoms with Crippen LogP contribution in [0, 0.1) is 0 Å². The van der Waals surface area contributed by atoms with E-state index in [1.807, 2.05) is 0 Å². The Labute approximate surface area is 164 Å². The average Bonchev–Trinajstić information content (AvgIpc) is 2.64. The molecule has 0 aromatic carbocycles. The fraction of sp³-hybridized carbons (Fsp3) is 0.900. The van der Waals surface area contributed by atoms with Gasteiger partial charge in [-0.2, -0.15) is 0 Å². The van der Waals surface area contributed by atoms with E-state index in [9.17, 15) is 14.7 Å². The Morgan fingerprint density at radius 1 is 0.926 bits per heavy atom. The second-order valence-electron chi connectivity index (χ2n) is 7.16. The summed E-state index contributed by atoms with van der Waals surface area (Å²) in [5.74, 6) is -1.14. The monoisotopic (exact) mass is 388 g/mol. The second kappa shape index (κ2) is 18.2. The van der Waals surface area contributed by atoms with Crippen LogP contribution in [0.2, 0.25) is 0 Å². The summed E-state index contributed by atoms with van der Waals surface area (Å²) in [7, 11) is 0. The van der Waals surface area contributed by atoms with E-state index in [1.165, 1.54) is 56.3 Å². The SMILES string of the molecule is CCCCCCCCCCCCCC(=O)NCCN(CC(=O)O)C(O)CO. The fourth-order valence-corrected chi connectivity index (χ4v) is 3.00. The maximum atomic E-state index is 11.8. The largest absolute Gasteiger partial charge is 0.480 e. The molecule has 0 saturated carbocycles. The molecule has 1 unspecified atom stereocenters. The van der Waals surface area contributed by atoms with E-state index >= 15 is 0 Å². The first-order chi connectivity index (χ1) is 13.0. The van der Waals surface area contributed by atoms with Gasteiger partial charge in [-0.25, -0.2) is 0 Å². The molecule has 0 heterocycles. The Morgan fingerprint density at radius 3 is 1.93 bits per heavy atom. The van der Waals surface area contributed by atoms with Gasteiger partial charge in [0.1, 0.15) is 6.23 Å². The summed E-state index contributed by atoms with van der Waals surface area (Å²) >= 11 is 0. The molecule has 1 atom stereocenters. The molecule has 4 N–H and O–H groups in total. The van der Waals surface area contributed by atoms with Gasteiger partial charge in [-0.05, 0) is 6.42 Å². The molecule has 1 amide bonds. The number of nitrogens with one attached hydrogen (secondary N) is 1. The summed E-state index contributed by atoms with van der Waals surface area (Å²) in [6, 6.07) is 0. The molecule has 0 bridgehead atoms. The molecule has 0 aliphatic carbocycles. The van der Waals surface area contributed by atoms with Crippen LogP contribution in [0.25, 0.3) is 0 Å². The van der Waals surface area contributed by atoms with E-state index in [4.69, 9.17) is 10.2 Å². The normalized spacial score (nSPS) is 12.3. The quantitative estimate of drug-likeness (QED) is 0.200. The van der Waals surface area contributed by atoms with Crippen molar-refractivity contribution in [3.8, 4) is 0 Å². The van der Waals surface area contributed by atoms with Gasteiger partial charge in [0.15, 0.2) is 0 Å². The first kappa shape index (κ1) is 25.8. The lowest BCUT2D eigenvalue weighted by atomic mass is 10.1. The lowest BCUT2D eigenvalue weighted by molar-refractivity contribution is -0.142. The van der Waals surface area contributed by atoms with Crippen LogP contribution < -0.4 is 5.32 Å². The number of carbonyl (C=O) groups excluding carboxylic acids is 1. The van der Waals surface area contributed by atoms with Crippen molar-refractivity contribution in [2.24, 2.45) is 0 Å². The lowest BCUT2D eigenvalue weighted by Gasteiger charge is -2.24. The van der Waals surface area contributed by atoms with E-state index < -0.39 is 18.8 Å². The Balaban J connectivity index is 3.56. The number of carboxylic acid groups (broad SMARTS) is 1. The zero-order chi connectivity index (χ0) is 20.3. The number of nitrogens with zero attached hydrogens (tertiary/aromatic N) is 1. The Morgan fingerprint density at radius 2 is 1.44 bits per heavy atom. The maximum absolute atomic E-state index is 11.8. The molecule has 27 heavy (non-hydrogen) atoms. The molecule has 160 valence electrons. The van der Waals surface area contributed by atoms with Gasteiger partial charge in [0.2, 0.25) is 5.91 Å². The molecule has 0 aliphatic heterocycles. The minimum atomic E-state index is -1.23. The molecule has 0 aromatic heterocycles. The number of hydrogen-bond acceptors (Lipinski definition) is 5. The number of aliphatic hydroxyl groups is 2. The summed E-state index contributed by atoms with van der Waals surface area (Å²) in [5.41, 5.74) is 0. The molecule has 7 nitrogen and oxygen atoms in total. The van der Waals surface area contributed by atoms with Crippen LogP contribution in [0.15, 0.2) is 0 Å². The van der Waals surface area contributed by atoms with Crippen molar-refractivity contribution in [2.45, 2.75) is 90.2 Å². The van der Waals surface area contributed by atoms with Crippen LogP contribution in [0.5, 0.6) is 0 Å². The highest BCUT2D eigenvalue weighted by atomic mass is 16.4. The molecule has 0 spiro atoms. The van der Waals surface area contributed by atoms with Crippen molar-refractivity contribution in [1.82, 2.24) is 10.2 Å². The number of aliphatic hydroxyl groups excluding tert-OH is 2. The van der Waals surface area contributed by atoms with Crippen LogP contribution in [-0.4, -0.2) is 64.6 Å². The third kappa shape index (κ3) is 16.7. The number of carboxylic acids is 1. The summed E-state index contributed by atoms with van der Waals surface area (Å²) in [5, 5.41) is 30.0. The summed E-state index contributed by atoms with van der Waals surface area (Å²) in [6.45, 7) is 1.74. The number of hydrogen-bond donors (Lipinski definition) is 4. The highest BCUT2D eigenvalue weighted by Crippen LogP contribution is 2.11. The standard InChI is InChI=1S/C20H40N2O5/c1-2-3-4-5-6-7-8-9-10-11-12-13-18(24)21-14-15-22(16-20(26)27)19(25)17-23/h19,23,25H,2-17H2,1H3,(H,21,24)(H,26,27). The van der Waals surface area contributed by atoms with Gasteiger partial charge in [-0.15, -0.1) is 0 Å². The van der Waals surface area contributed by atoms with Gasteiger partial charge in [-0.3, -0.25) is 14.5 Å². The zero-order valence-corrected chi connectivity index (χ0v) is 17.0. The molecule has 0 saturated heterocycles. The molecular weight excluding hydrogens is 348 g/mol. The zero-order valence-electron chi connectivity index (χ0n) is 17.0. The predicted octanol–water partition coefficient (Wildman–Crippen LogP) is 2.50. The first-order valence-corrected chi connectivity index (χ1v) is 10.5. The molecule has 7 heteroatoms. The minimum Gasteiger partial charge on any atom is -0.480 e. The van der Waals surface area contributed by atoms with E-state index in [0.717, 1.165) is 19.3 Å². The van der Waals surface area contributed by atoms with Gasteiger partial charge < -0.3 is 20.6 Å². The lowest BCUT2D eigenvalue weighted by Crippen LogP contribution is -2.45. The van der Waals surface area contributed by atoms with Crippen LogP contribution in [0.1, 0.15) is 84.0 Å². The molecule has 0 fully saturated rings. The molecule has 0 rings (SSSR count). The van der Waals surface area contributed by atoms with Crippen LogP contribution in [0.3, 0.4) is 0 Å². The van der Waals surface area contributed by atoms with Gasteiger partial charge in [0, 0.05) is 19.5 Å². The third-order valence-electron chi connectivity index (χ3n) is 4.65. The topological polar surface area (TPSA) is 110 Å². The van der Waals surface area contributed by atoms with Crippen molar-refractivity contribution >= 4 is 11.9 Å². The van der Waals surface area contributed by atoms with E-state index in [2.05, 4.69) is 12.2 Å². The van der Waals surface area contributed by atoms with Crippen LogP contribution in [-0.2, 0) is 9.59 Å². The van der Waals surface area contributed by atoms with Crippen molar-refractivity contribution in [3.05, 3.63) is 0 Å². The van der Waals surface area contributed by atoms with Crippen LogP contribution >= 0.6 is 0 Å². The Kier molecular flexibility index (Phi) is 17.4. The first-order valence-electron chi connectivity index (χ1n) is 10.5. The van der Waals surface area contributed by atoms with Gasteiger partial charge in [0.05, 0.1) is 13.2 Å². The molecule has 0 aliphatic rings. The van der Waals surface area contributed by atoms with Crippen molar-refractivity contribution in [3.63, 3.8) is 0 Å². The molecular formula is C20H40N2O5. The van der Waals surface area contributed by atoms with E-state index in [0.29, 0.717) is 6.42 Å². The smallest absolute Gasteiger partial charge is 0.317 e. The third-order valence-corrected chi connectivity index (χ3v) is 4.65. The highest BCUT2D eigenvalue weighted by Gasteiger charge is 2.17. The van der Waals surface area contributed by atoms with E-state index in [1.54, 1.807) is 0 Å². The number of amides is 1. The molecule has 0 aromatic rings. The number of aliphatic carboxylic acids is 1. The van der Waals surface area contributed by atoms with Gasteiger partial charge >= 0.3 is 5.97 Å². The Bertz CT molecular complexity index is 379. The predicted molar refractivity (Wildman–Crippen MR) is 106 cm³/mol. The maximum Gasteiger partial charge on any atom is 0.317 e. The number of carbonyl (C=O) groups is 2. The number of rotatable bonds is 19. The van der Waals surface area contributed by atoms with Gasteiger partial charge in [-0.1, -0.05) is 71.1 Å². The summed E-state index contributed by atoms with van der Waals surface area (Å²) < 4.78 is 0. The summed E-state index contributed by atoms with van der Waals surface area (Å²) in [6.07, 6.45) is 12.8. The van der Waals surface area contributed by atoms with Gasteiger partial charge in [0.25, 0.3) is 0 Å². The summed E-state index contributed by atoms with van der Waals surface area (Å²) in [4.78, 5) is 23.7. The van der Waals surface area contributed by atoms with Crippen molar-refractivity contribution < 1.29 is 24.9 Å². The van der Waals surface area contributed by atoms with Crippen LogP contribution in [0.4, 0.5) is 0 Å². The van der Waals surface area contributed by atoms with Crippen molar-refractivity contribution in [1.29, 1.82) is 0 Å². The van der Waals surface area contributed by atoms with Crippen molar-refractivity contribution in [2.75, 3.05) is 26.2 Å². The number of unbranched alkanes of at least 4 members (excludes halogenated alkanes) is 10.